The Labute approximate surface area is 154 Å². The number of nitrogens with one attached hydrogen (secondary N) is 1. The fourth-order valence-electron chi connectivity index (χ4n) is 1.90. The van der Waals surface area contributed by atoms with Crippen molar-refractivity contribution in [1.82, 2.24) is 0 Å². The average molecular weight is 382 g/mol. The molecule has 0 aliphatic heterocycles. The van der Waals surface area contributed by atoms with E-state index in [9.17, 15) is 14.0 Å². The predicted octanol–water partition coefficient (Wildman–Crippen LogP) is 4.53. The van der Waals surface area contributed by atoms with E-state index in [-0.39, 0.29) is 10.7 Å². The van der Waals surface area contributed by atoms with Crippen LogP contribution < -0.4 is 5.32 Å². The van der Waals surface area contributed by atoms with Crippen LogP contribution in [-0.4, -0.2) is 23.2 Å². The molecular weight excluding hydrogens is 365 g/mol. The first-order valence-electron chi connectivity index (χ1n) is 7.55. The third-order valence-electron chi connectivity index (χ3n) is 3.24. The lowest BCUT2D eigenvalue weighted by atomic mass is 10.3. The third kappa shape index (κ3) is 5.76. The number of thioether (sulfide) groups is 1. The number of anilines is 1. The maximum atomic E-state index is 13.0. The van der Waals surface area contributed by atoms with Gasteiger partial charge >= 0.3 is 5.97 Å². The molecule has 1 amide bonds. The largest absolute Gasteiger partial charge is 0.452 e. The average Bonchev–Trinajstić information content (AvgIpc) is 2.58. The van der Waals surface area contributed by atoms with Crippen LogP contribution in [0.15, 0.2) is 53.4 Å². The van der Waals surface area contributed by atoms with E-state index in [1.54, 1.807) is 6.92 Å². The van der Waals surface area contributed by atoms with Crippen molar-refractivity contribution in [3.05, 3.63) is 59.4 Å². The van der Waals surface area contributed by atoms with Gasteiger partial charge < -0.3 is 10.1 Å². The summed E-state index contributed by atoms with van der Waals surface area (Å²) in [4.78, 5) is 25.2. The Hall–Kier alpha value is -2.05. The summed E-state index contributed by atoms with van der Waals surface area (Å²) in [5.41, 5.74) is 0.252. The van der Waals surface area contributed by atoms with Crippen LogP contribution in [0.1, 0.15) is 13.8 Å². The highest BCUT2D eigenvalue weighted by atomic mass is 35.5. The standard InChI is InChI=1S/C18H17ClFNO3S/c1-11(17(22)21-16-9-8-13(20)10-15(16)19)24-18(23)12(2)25-14-6-4-3-5-7-14/h3-12H,1-2H3,(H,21,22)/t11-,12-/m1/s1. The first-order chi connectivity index (χ1) is 11.9. The second kappa shape index (κ2) is 8.87. The highest BCUT2D eigenvalue weighted by molar-refractivity contribution is 8.00. The summed E-state index contributed by atoms with van der Waals surface area (Å²) >= 11 is 7.20. The van der Waals surface area contributed by atoms with Crippen LogP contribution in [-0.2, 0) is 14.3 Å². The van der Waals surface area contributed by atoms with Gasteiger partial charge in [0.2, 0.25) is 0 Å². The smallest absolute Gasteiger partial charge is 0.319 e. The third-order valence-corrected chi connectivity index (χ3v) is 4.64. The molecule has 0 bridgehead atoms. The van der Waals surface area contributed by atoms with E-state index >= 15 is 0 Å². The first kappa shape index (κ1) is 19.3. The minimum atomic E-state index is -1.01. The van der Waals surface area contributed by atoms with Gasteiger partial charge in [0.15, 0.2) is 6.10 Å². The number of ether oxygens (including phenoxy) is 1. The highest BCUT2D eigenvalue weighted by Crippen LogP contribution is 2.25. The zero-order chi connectivity index (χ0) is 18.4. The van der Waals surface area contributed by atoms with Crippen LogP contribution in [0.4, 0.5) is 10.1 Å². The second-order valence-corrected chi connectivity index (χ2v) is 7.09. The first-order valence-corrected chi connectivity index (χ1v) is 8.80. The van der Waals surface area contributed by atoms with E-state index in [4.69, 9.17) is 16.3 Å². The Morgan fingerprint density at radius 2 is 1.84 bits per heavy atom. The van der Waals surface area contributed by atoms with Crippen LogP contribution in [0.3, 0.4) is 0 Å². The normalized spacial score (nSPS) is 13.0. The fraction of sp³-hybridized carbons (Fsp3) is 0.222. The minimum Gasteiger partial charge on any atom is -0.452 e. The van der Waals surface area contributed by atoms with Crippen LogP contribution in [0, 0.1) is 5.82 Å². The van der Waals surface area contributed by atoms with Gasteiger partial charge in [0.1, 0.15) is 11.1 Å². The van der Waals surface area contributed by atoms with Gasteiger partial charge in [-0.2, -0.15) is 0 Å². The van der Waals surface area contributed by atoms with Crippen LogP contribution in [0.5, 0.6) is 0 Å². The second-order valence-electron chi connectivity index (χ2n) is 5.27. The van der Waals surface area contributed by atoms with Gasteiger partial charge in [-0.05, 0) is 44.2 Å². The van der Waals surface area contributed by atoms with E-state index in [1.165, 1.54) is 30.8 Å². The van der Waals surface area contributed by atoms with Crippen molar-refractivity contribution in [2.24, 2.45) is 0 Å². The van der Waals surface area contributed by atoms with Gasteiger partial charge in [0.05, 0.1) is 10.7 Å². The number of hydrogen-bond donors (Lipinski definition) is 1. The van der Waals surface area contributed by atoms with Crippen molar-refractivity contribution >= 4 is 40.9 Å². The summed E-state index contributed by atoms with van der Waals surface area (Å²) in [5, 5.41) is 2.11. The number of hydrogen-bond acceptors (Lipinski definition) is 4. The molecule has 0 saturated heterocycles. The van der Waals surface area contributed by atoms with E-state index in [2.05, 4.69) is 5.32 Å². The Morgan fingerprint density at radius 3 is 2.48 bits per heavy atom. The topological polar surface area (TPSA) is 55.4 Å². The minimum absolute atomic E-state index is 0.0693. The van der Waals surface area contributed by atoms with E-state index in [0.717, 1.165) is 11.0 Å². The molecule has 2 aromatic rings. The number of rotatable bonds is 6. The molecule has 2 aromatic carbocycles. The van der Waals surface area contributed by atoms with Crippen molar-refractivity contribution in [3.63, 3.8) is 0 Å². The predicted molar refractivity (Wildman–Crippen MR) is 97.4 cm³/mol. The summed E-state index contributed by atoms with van der Waals surface area (Å²) in [6, 6.07) is 13.0. The number of carbonyl (C=O) groups is 2. The quantitative estimate of drug-likeness (QED) is 0.590. The lowest BCUT2D eigenvalue weighted by Crippen LogP contribution is -2.32. The van der Waals surface area contributed by atoms with Gasteiger partial charge in [0, 0.05) is 4.90 Å². The summed E-state index contributed by atoms with van der Waals surface area (Å²) in [7, 11) is 0. The molecule has 132 valence electrons. The molecule has 0 spiro atoms. The molecule has 4 nitrogen and oxygen atoms in total. The maximum absolute atomic E-state index is 13.0. The molecule has 7 heteroatoms. The summed E-state index contributed by atoms with van der Waals surface area (Å²) < 4.78 is 18.2. The molecule has 0 heterocycles. The molecule has 0 saturated carbocycles. The van der Waals surface area contributed by atoms with Gasteiger partial charge in [-0.25, -0.2) is 4.39 Å². The van der Waals surface area contributed by atoms with Gasteiger partial charge in [0.25, 0.3) is 5.91 Å². The molecule has 0 fully saturated rings. The monoisotopic (exact) mass is 381 g/mol. The molecule has 0 radical (unpaired) electrons. The zero-order valence-corrected chi connectivity index (χ0v) is 15.2. The van der Waals surface area contributed by atoms with Gasteiger partial charge in [-0.1, -0.05) is 29.8 Å². The number of amides is 1. The van der Waals surface area contributed by atoms with Crippen molar-refractivity contribution in [3.8, 4) is 0 Å². The van der Waals surface area contributed by atoms with E-state index < -0.39 is 29.0 Å². The molecule has 2 atom stereocenters. The van der Waals surface area contributed by atoms with Crippen LogP contribution in [0.2, 0.25) is 5.02 Å². The Bertz CT molecular complexity index is 757. The van der Waals surface area contributed by atoms with Crippen LogP contribution in [0.25, 0.3) is 0 Å². The van der Waals surface area contributed by atoms with E-state index in [0.29, 0.717) is 0 Å². The summed E-state index contributed by atoms with van der Waals surface area (Å²) in [6.45, 7) is 3.17. The number of carbonyl (C=O) groups excluding carboxylic acids is 2. The van der Waals surface area contributed by atoms with Crippen molar-refractivity contribution < 1.29 is 18.7 Å². The molecular formula is C18H17ClFNO3S. The Balaban J connectivity index is 1.90. The fourth-order valence-corrected chi connectivity index (χ4v) is 2.99. The molecule has 25 heavy (non-hydrogen) atoms. The van der Waals surface area contributed by atoms with Gasteiger partial charge in [-0.3, -0.25) is 9.59 Å². The molecule has 0 aliphatic carbocycles. The van der Waals surface area contributed by atoms with Crippen LogP contribution >= 0.6 is 23.4 Å². The maximum Gasteiger partial charge on any atom is 0.319 e. The summed E-state index contributed by atoms with van der Waals surface area (Å²) in [6.07, 6.45) is -1.01. The number of benzene rings is 2. The Kier molecular flexibility index (Phi) is 6.84. The molecule has 2 rings (SSSR count). The van der Waals surface area contributed by atoms with Gasteiger partial charge in [-0.15, -0.1) is 11.8 Å². The molecule has 0 aliphatic rings. The lowest BCUT2D eigenvalue weighted by molar-refractivity contribution is -0.152. The molecule has 0 aromatic heterocycles. The SMILES string of the molecule is C[C@@H](OC(=O)[C@@H](C)Sc1ccccc1)C(=O)Nc1ccc(F)cc1Cl. The van der Waals surface area contributed by atoms with Crippen molar-refractivity contribution in [2.75, 3.05) is 5.32 Å². The zero-order valence-electron chi connectivity index (χ0n) is 13.7. The lowest BCUT2D eigenvalue weighted by Gasteiger charge is -2.17. The molecule has 1 N–H and O–H groups in total. The summed E-state index contributed by atoms with van der Waals surface area (Å²) in [5.74, 6) is -1.55. The number of halogens is 2. The van der Waals surface area contributed by atoms with E-state index in [1.807, 2.05) is 30.3 Å². The molecule has 0 unspecified atom stereocenters. The number of esters is 1. The highest BCUT2D eigenvalue weighted by Gasteiger charge is 2.23. The Morgan fingerprint density at radius 1 is 1.16 bits per heavy atom. The van der Waals surface area contributed by atoms with Crippen molar-refractivity contribution in [1.29, 1.82) is 0 Å². The van der Waals surface area contributed by atoms with Crippen molar-refractivity contribution in [2.45, 2.75) is 30.1 Å².